The van der Waals surface area contributed by atoms with Gasteiger partial charge >= 0.3 is 0 Å². The monoisotopic (exact) mass is 397 g/mol. The minimum Gasteiger partial charge on any atom is -0.392 e. The van der Waals surface area contributed by atoms with E-state index in [0.29, 0.717) is 5.92 Å². The molecule has 0 unspecified atom stereocenters. The van der Waals surface area contributed by atoms with Gasteiger partial charge in [-0.15, -0.1) is 0 Å². The Bertz CT molecular complexity index is 616. The zero-order valence-corrected chi connectivity index (χ0v) is 18.1. The zero-order chi connectivity index (χ0) is 19.3. The average molecular weight is 398 g/mol. The lowest BCUT2D eigenvalue weighted by molar-refractivity contribution is 0.0136. The van der Waals surface area contributed by atoms with E-state index in [4.69, 9.17) is 0 Å². The predicted molar refractivity (Wildman–Crippen MR) is 109 cm³/mol. The SMILES string of the molecule is CC1(C)[C@H]2CC[C@@]1(CS(=O)(=O)N(C1CCCCC1)C1CCCCC1)[C@@H](O)C2. The second-order valence-electron chi connectivity index (χ2n) is 10.5. The summed E-state index contributed by atoms with van der Waals surface area (Å²) in [7, 11) is -3.38. The van der Waals surface area contributed by atoms with Crippen LogP contribution in [-0.4, -0.2) is 41.8 Å². The molecule has 0 aromatic rings. The zero-order valence-electron chi connectivity index (χ0n) is 17.3. The fourth-order valence-electron chi connectivity index (χ4n) is 7.20. The first-order valence-corrected chi connectivity index (χ1v) is 13.1. The van der Waals surface area contributed by atoms with Crippen molar-refractivity contribution in [3.63, 3.8) is 0 Å². The smallest absolute Gasteiger partial charge is 0.215 e. The molecule has 0 aromatic heterocycles. The third kappa shape index (κ3) is 3.30. The quantitative estimate of drug-likeness (QED) is 0.744. The molecule has 5 heteroatoms. The van der Waals surface area contributed by atoms with Crippen LogP contribution in [0.5, 0.6) is 0 Å². The van der Waals surface area contributed by atoms with Crippen LogP contribution in [-0.2, 0) is 10.0 Å². The molecule has 4 aliphatic rings. The Morgan fingerprint density at radius 2 is 1.41 bits per heavy atom. The summed E-state index contributed by atoms with van der Waals surface area (Å²) in [6, 6.07) is 0.393. The highest BCUT2D eigenvalue weighted by molar-refractivity contribution is 7.89. The molecule has 4 fully saturated rings. The molecule has 0 aliphatic heterocycles. The molecule has 156 valence electrons. The molecule has 0 radical (unpaired) electrons. The summed E-state index contributed by atoms with van der Waals surface area (Å²) in [5.41, 5.74) is -0.525. The van der Waals surface area contributed by atoms with Crippen molar-refractivity contribution in [2.24, 2.45) is 16.7 Å². The lowest BCUT2D eigenvalue weighted by Gasteiger charge is -2.45. The van der Waals surface area contributed by atoms with Gasteiger partial charge in [0.2, 0.25) is 10.0 Å². The standard InChI is InChI=1S/C22H39NO3S/c1-21(2)17-13-14-22(21,20(24)15-17)16-27(25,26)23(18-9-5-3-6-10-18)19-11-7-4-8-12-19/h17-20,24H,3-16H2,1-2H3/t17-,20-,22+/m0/s1. The van der Waals surface area contributed by atoms with E-state index in [1.165, 1.54) is 12.8 Å². The highest BCUT2D eigenvalue weighted by Crippen LogP contribution is 2.66. The van der Waals surface area contributed by atoms with E-state index in [2.05, 4.69) is 13.8 Å². The van der Waals surface area contributed by atoms with Crippen LogP contribution in [0.2, 0.25) is 0 Å². The Hall–Kier alpha value is -0.130. The number of aliphatic hydroxyl groups excluding tert-OH is 1. The summed E-state index contributed by atoms with van der Waals surface area (Å²) >= 11 is 0. The number of sulfonamides is 1. The molecule has 0 spiro atoms. The maximum absolute atomic E-state index is 13.9. The summed E-state index contributed by atoms with van der Waals surface area (Å²) in [5, 5.41) is 10.9. The number of rotatable bonds is 5. The number of hydrogen-bond acceptors (Lipinski definition) is 3. The van der Waals surface area contributed by atoms with Gasteiger partial charge in [0.05, 0.1) is 11.9 Å². The Morgan fingerprint density at radius 1 is 0.889 bits per heavy atom. The molecule has 3 atom stereocenters. The summed E-state index contributed by atoms with van der Waals surface area (Å²) < 4.78 is 29.8. The maximum atomic E-state index is 13.9. The number of aliphatic hydroxyl groups is 1. The summed E-state index contributed by atoms with van der Waals surface area (Å²) in [6.07, 6.45) is 13.5. The fraction of sp³-hybridized carbons (Fsp3) is 1.00. The molecule has 27 heavy (non-hydrogen) atoms. The molecule has 4 rings (SSSR count). The first-order valence-electron chi connectivity index (χ1n) is 11.5. The van der Waals surface area contributed by atoms with Gasteiger partial charge in [0, 0.05) is 17.5 Å². The van der Waals surface area contributed by atoms with Crippen LogP contribution < -0.4 is 0 Å². The van der Waals surface area contributed by atoms with Crippen LogP contribution in [0.25, 0.3) is 0 Å². The van der Waals surface area contributed by atoms with Crippen molar-refractivity contribution in [3.05, 3.63) is 0 Å². The van der Waals surface area contributed by atoms with Gasteiger partial charge < -0.3 is 5.11 Å². The van der Waals surface area contributed by atoms with E-state index < -0.39 is 21.5 Å². The highest BCUT2D eigenvalue weighted by Gasteiger charge is 2.65. The Labute approximate surface area is 166 Å². The van der Waals surface area contributed by atoms with Crippen molar-refractivity contribution in [2.45, 2.75) is 116 Å². The number of nitrogens with zero attached hydrogens (tertiary/aromatic N) is 1. The maximum Gasteiger partial charge on any atom is 0.215 e. The molecule has 4 saturated carbocycles. The predicted octanol–water partition coefficient (Wildman–Crippen LogP) is 4.47. The van der Waals surface area contributed by atoms with Crippen molar-refractivity contribution in [3.8, 4) is 0 Å². The molecule has 0 amide bonds. The van der Waals surface area contributed by atoms with Crippen molar-refractivity contribution in [2.75, 3.05) is 5.75 Å². The van der Waals surface area contributed by atoms with Crippen LogP contribution in [0.3, 0.4) is 0 Å². The topological polar surface area (TPSA) is 57.6 Å². The van der Waals surface area contributed by atoms with Crippen LogP contribution in [0.1, 0.15) is 97.3 Å². The van der Waals surface area contributed by atoms with Gasteiger partial charge in [-0.2, -0.15) is 4.31 Å². The van der Waals surface area contributed by atoms with Gasteiger partial charge in [-0.05, 0) is 56.3 Å². The molecule has 0 saturated heterocycles. The van der Waals surface area contributed by atoms with Crippen molar-refractivity contribution >= 4 is 10.0 Å². The van der Waals surface area contributed by atoms with Crippen molar-refractivity contribution < 1.29 is 13.5 Å². The van der Waals surface area contributed by atoms with Gasteiger partial charge in [0.1, 0.15) is 0 Å². The minimum absolute atomic E-state index is 0.0791. The van der Waals surface area contributed by atoms with Gasteiger partial charge in [-0.3, -0.25) is 0 Å². The summed E-state index contributed by atoms with van der Waals surface area (Å²) in [6.45, 7) is 4.42. The Kier molecular flexibility index (Phi) is 5.44. The summed E-state index contributed by atoms with van der Waals surface area (Å²) in [5.74, 6) is 0.637. The van der Waals surface area contributed by atoms with Gasteiger partial charge in [-0.25, -0.2) is 8.42 Å². The minimum atomic E-state index is -3.38. The molecule has 4 aliphatic carbocycles. The van der Waals surface area contributed by atoms with E-state index in [1.54, 1.807) is 0 Å². The van der Waals surface area contributed by atoms with Crippen molar-refractivity contribution in [1.82, 2.24) is 4.31 Å². The normalized spacial score (nSPS) is 37.9. The molecule has 0 aromatic carbocycles. The molecule has 0 heterocycles. The Morgan fingerprint density at radius 3 is 1.81 bits per heavy atom. The fourth-order valence-corrected chi connectivity index (χ4v) is 10.0. The number of hydrogen-bond donors (Lipinski definition) is 1. The second-order valence-corrected chi connectivity index (χ2v) is 12.4. The van der Waals surface area contributed by atoms with Crippen LogP contribution >= 0.6 is 0 Å². The first-order chi connectivity index (χ1) is 12.8. The molecule has 4 nitrogen and oxygen atoms in total. The molecule has 2 bridgehead atoms. The summed E-state index contributed by atoms with van der Waals surface area (Å²) in [4.78, 5) is 0. The number of fused-ring (bicyclic) bond motifs is 2. The van der Waals surface area contributed by atoms with E-state index in [1.807, 2.05) is 4.31 Å². The van der Waals surface area contributed by atoms with Gasteiger partial charge in [0.25, 0.3) is 0 Å². The van der Waals surface area contributed by atoms with E-state index in [0.717, 1.165) is 70.6 Å². The van der Waals surface area contributed by atoms with Crippen LogP contribution in [0, 0.1) is 16.7 Å². The third-order valence-corrected chi connectivity index (χ3v) is 11.1. The van der Waals surface area contributed by atoms with Crippen molar-refractivity contribution in [1.29, 1.82) is 0 Å². The van der Waals surface area contributed by atoms with Gasteiger partial charge in [0.15, 0.2) is 0 Å². The lowest BCUT2D eigenvalue weighted by atomic mass is 9.70. The van der Waals surface area contributed by atoms with Gasteiger partial charge in [-0.1, -0.05) is 52.4 Å². The average Bonchev–Trinajstić information content (AvgIpc) is 2.97. The molecular formula is C22H39NO3S. The first kappa shape index (κ1) is 20.2. The largest absolute Gasteiger partial charge is 0.392 e. The van der Waals surface area contributed by atoms with E-state index in [9.17, 15) is 13.5 Å². The lowest BCUT2D eigenvalue weighted by Crippen LogP contribution is -2.54. The van der Waals surface area contributed by atoms with E-state index >= 15 is 0 Å². The second kappa shape index (κ2) is 7.28. The third-order valence-electron chi connectivity index (χ3n) is 9.02. The van der Waals surface area contributed by atoms with E-state index in [-0.39, 0.29) is 23.3 Å². The van der Waals surface area contributed by atoms with Crippen LogP contribution in [0.15, 0.2) is 0 Å². The Balaban J connectivity index is 1.64. The molecule has 1 N–H and O–H groups in total. The molecular weight excluding hydrogens is 358 g/mol. The van der Waals surface area contributed by atoms with Crippen LogP contribution in [0.4, 0.5) is 0 Å². The highest BCUT2D eigenvalue weighted by atomic mass is 32.2.